The molecule has 4 heteroatoms. The van der Waals surface area contributed by atoms with Crippen LogP contribution in [0.5, 0.6) is 0 Å². The molecule has 0 amide bonds. The molecule has 3 nitrogen and oxygen atoms in total. The molecule has 0 atom stereocenters. The molecule has 352 valence electrons. The zero-order valence-corrected chi connectivity index (χ0v) is 43.7. The molecule has 3 heterocycles. The van der Waals surface area contributed by atoms with E-state index in [0.29, 0.717) is 0 Å². The lowest BCUT2D eigenvalue weighted by atomic mass is 9.33. The average molecular weight is 932 g/mol. The van der Waals surface area contributed by atoms with Crippen LogP contribution in [0.2, 0.25) is 0 Å². The Morgan fingerprint density at radius 2 is 1.03 bits per heavy atom. The van der Waals surface area contributed by atoms with Crippen molar-refractivity contribution in [3.8, 4) is 27.9 Å². The highest BCUT2D eigenvalue weighted by atomic mass is 15.2. The number of benzene rings is 9. The summed E-state index contributed by atoms with van der Waals surface area (Å²) in [5.74, 6) is 0. The van der Waals surface area contributed by atoms with Crippen LogP contribution in [0.1, 0.15) is 94.3 Å². The number of fused-ring (bicyclic) bond motifs is 10. The zero-order chi connectivity index (χ0) is 49.7. The van der Waals surface area contributed by atoms with E-state index in [4.69, 9.17) is 0 Å². The molecule has 0 saturated heterocycles. The second-order valence-electron chi connectivity index (χ2n) is 23.7. The van der Waals surface area contributed by atoms with Crippen LogP contribution >= 0.6 is 0 Å². The zero-order valence-electron chi connectivity index (χ0n) is 43.7. The summed E-state index contributed by atoms with van der Waals surface area (Å²) >= 11 is 0. The van der Waals surface area contributed by atoms with Crippen molar-refractivity contribution >= 4 is 79.0 Å². The number of anilines is 6. The first-order valence-electron chi connectivity index (χ1n) is 26.0. The van der Waals surface area contributed by atoms with Gasteiger partial charge in [0.05, 0.1) is 16.7 Å². The van der Waals surface area contributed by atoms with Crippen LogP contribution in [0.15, 0.2) is 176 Å². The minimum atomic E-state index is -0.162. The quantitative estimate of drug-likeness (QED) is 0.163. The average Bonchev–Trinajstić information content (AvgIpc) is 3.80. The lowest BCUT2D eigenvalue weighted by Crippen LogP contribution is -2.61. The fourth-order valence-electron chi connectivity index (χ4n) is 12.9. The van der Waals surface area contributed by atoms with Crippen LogP contribution in [0.25, 0.3) is 49.7 Å². The minimum absolute atomic E-state index is 0.0147. The van der Waals surface area contributed by atoms with E-state index in [9.17, 15) is 0 Å². The molecule has 13 rings (SSSR count). The summed E-state index contributed by atoms with van der Waals surface area (Å²) < 4.78 is 2.51. The number of para-hydroxylation sites is 1. The molecule has 0 N–H and O–H groups in total. The Morgan fingerprint density at radius 1 is 0.431 bits per heavy atom. The van der Waals surface area contributed by atoms with Crippen molar-refractivity contribution in [3.05, 3.63) is 215 Å². The van der Waals surface area contributed by atoms with E-state index in [2.05, 4.69) is 266 Å². The number of aromatic nitrogens is 1. The highest BCUT2D eigenvalue weighted by molar-refractivity contribution is 7.00. The molecule has 3 aliphatic rings. The van der Waals surface area contributed by atoms with Crippen molar-refractivity contribution in [3.63, 3.8) is 0 Å². The minimum Gasteiger partial charge on any atom is -0.311 e. The van der Waals surface area contributed by atoms with E-state index in [-0.39, 0.29) is 23.0 Å². The smallest absolute Gasteiger partial charge is 0.252 e. The first-order chi connectivity index (χ1) is 34.5. The lowest BCUT2D eigenvalue weighted by molar-refractivity contribution is 0.590. The van der Waals surface area contributed by atoms with Gasteiger partial charge in [0.15, 0.2) is 0 Å². The van der Waals surface area contributed by atoms with E-state index >= 15 is 0 Å². The van der Waals surface area contributed by atoms with Crippen molar-refractivity contribution in [2.75, 3.05) is 9.80 Å². The summed E-state index contributed by atoms with van der Waals surface area (Å²) in [5.41, 5.74) is 29.1. The number of rotatable bonds is 4. The maximum Gasteiger partial charge on any atom is 0.252 e. The van der Waals surface area contributed by atoms with E-state index in [1.807, 2.05) is 0 Å². The fraction of sp³-hybridized carbons (Fsp3) is 0.206. The molecular formula is C68H62BN3. The topological polar surface area (TPSA) is 11.4 Å². The number of hydrogen-bond donors (Lipinski definition) is 0. The van der Waals surface area contributed by atoms with Gasteiger partial charge in [0.25, 0.3) is 6.71 Å². The molecule has 2 aliphatic heterocycles. The van der Waals surface area contributed by atoms with Crippen molar-refractivity contribution in [2.45, 2.75) is 92.4 Å². The Hall–Kier alpha value is -7.56. The fourth-order valence-corrected chi connectivity index (χ4v) is 12.9. The van der Waals surface area contributed by atoms with Crippen molar-refractivity contribution < 1.29 is 0 Å². The Balaban J connectivity index is 1.15. The number of hydrogen-bond acceptors (Lipinski definition) is 2. The molecule has 10 aromatic rings. The van der Waals surface area contributed by atoms with Gasteiger partial charge in [0.2, 0.25) is 0 Å². The molecule has 1 aliphatic carbocycles. The molecule has 0 saturated carbocycles. The second-order valence-corrected chi connectivity index (χ2v) is 23.7. The molecule has 0 fully saturated rings. The van der Waals surface area contributed by atoms with E-state index in [1.54, 1.807) is 0 Å². The number of aryl methyl sites for hydroxylation is 3. The van der Waals surface area contributed by atoms with Crippen LogP contribution < -0.4 is 26.2 Å². The lowest BCUT2D eigenvalue weighted by Gasteiger charge is -2.45. The molecule has 9 aromatic carbocycles. The van der Waals surface area contributed by atoms with Crippen LogP contribution in [0, 0.1) is 20.8 Å². The number of nitrogens with zero attached hydrogens (tertiary/aromatic N) is 3. The Morgan fingerprint density at radius 3 is 1.74 bits per heavy atom. The predicted octanol–water partition coefficient (Wildman–Crippen LogP) is 16.4. The summed E-state index contributed by atoms with van der Waals surface area (Å²) in [6.07, 6.45) is 0. The van der Waals surface area contributed by atoms with Crippen molar-refractivity contribution in [1.29, 1.82) is 0 Å². The summed E-state index contributed by atoms with van der Waals surface area (Å²) in [6, 6.07) is 67.6. The largest absolute Gasteiger partial charge is 0.311 e. The van der Waals surface area contributed by atoms with E-state index in [0.717, 1.165) is 5.69 Å². The van der Waals surface area contributed by atoms with Gasteiger partial charge in [0, 0.05) is 50.3 Å². The summed E-state index contributed by atoms with van der Waals surface area (Å²) in [6.45, 7) is 25.7. The molecule has 0 bridgehead atoms. The third-order valence-corrected chi connectivity index (χ3v) is 16.5. The predicted molar refractivity (Wildman–Crippen MR) is 309 cm³/mol. The molecule has 0 unspecified atom stereocenters. The molecule has 72 heavy (non-hydrogen) atoms. The monoisotopic (exact) mass is 932 g/mol. The Bertz CT molecular complexity index is 3870. The van der Waals surface area contributed by atoms with Crippen LogP contribution in [-0.2, 0) is 16.2 Å². The van der Waals surface area contributed by atoms with E-state index < -0.39 is 0 Å². The summed E-state index contributed by atoms with van der Waals surface area (Å²) in [5, 5.41) is 2.56. The molecule has 0 spiro atoms. The molecule has 1 aromatic heterocycles. The SMILES string of the molecule is Cc1cc2c3c(c1)N(c1c(C)cc(-c4ccccc4)cc1C)c1cc(C(C)(C)C)ccc1B3c1cc3c4cc(C(C)(C)C)ccc4n(-c4ccccc4)c3cc1N2c1ccc2c(c1)C(C)(C)c1ccccc1-2. The van der Waals surface area contributed by atoms with Gasteiger partial charge in [-0.05, 0) is 182 Å². The second kappa shape index (κ2) is 15.5. The third-order valence-electron chi connectivity index (χ3n) is 16.5. The maximum absolute atomic E-state index is 2.65. The van der Waals surface area contributed by atoms with Crippen LogP contribution in [0.3, 0.4) is 0 Å². The highest BCUT2D eigenvalue weighted by Gasteiger charge is 2.45. The van der Waals surface area contributed by atoms with Gasteiger partial charge in [-0.3, -0.25) is 0 Å². The Labute approximate surface area is 426 Å². The van der Waals surface area contributed by atoms with Gasteiger partial charge >= 0.3 is 0 Å². The summed E-state index contributed by atoms with van der Waals surface area (Å²) in [4.78, 5) is 5.28. The van der Waals surface area contributed by atoms with Gasteiger partial charge < -0.3 is 14.4 Å². The first-order valence-corrected chi connectivity index (χ1v) is 26.0. The third kappa shape index (κ3) is 6.50. The standard InChI is InChI=1S/C68H62BN3/c1-41-32-62-64-63(33-41)72(65-42(2)34-45(35-43(65)3)44-20-14-12-15-21-44)60-37-47(67(7,8)9)26-30-56(60)69(64)57-39-53-52-36-46(66(4,5)6)27-31-58(52)70(48-22-16-13-17-23-48)59(53)40-61(57)71(62)49-28-29-51-50-24-18-19-25-54(50)68(10,11)55(51)38-49/h12-40H,1-11H3. The highest BCUT2D eigenvalue weighted by Crippen LogP contribution is 2.53. The van der Waals surface area contributed by atoms with Gasteiger partial charge in [0.1, 0.15) is 0 Å². The molecular weight excluding hydrogens is 870 g/mol. The van der Waals surface area contributed by atoms with Crippen molar-refractivity contribution in [2.24, 2.45) is 0 Å². The maximum atomic E-state index is 2.65. The van der Waals surface area contributed by atoms with Gasteiger partial charge in [-0.25, -0.2) is 0 Å². The van der Waals surface area contributed by atoms with Crippen LogP contribution in [-0.4, -0.2) is 11.3 Å². The Kier molecular flexibility index (Phi) is 9.54. The van der Waals surface area contributed by atoms with Crippen LogP contribution in [0.4, 0.5) is 34.1 Å². The molecule has 0 radical (unpaired) electrons. The van der Waals surface area contributed by atoms with E-state index in [1.165, 1.54) is 134 Å². The summed E-state index contributed by atoms with van der Waals surface area (Å²) in [7, 11) is 0. The normalized spacial score (nSPS) is 14.3. The van der Waals surface area contributed by atoms with Gasteiger partial charge in [-0.15, -0.1) is 0 Å². The first kappa shape index (κ1) is 44.4. The van der Waals surface area contributed by atoms with Gasteiger partial charge in [-0.1, -0.05) is 159 Å². The van der Waals surface area contributed by atoms with Gasteiger partial charge in [-0.2, -0.15) is 0 Å². The van der Waals surface area contributed by atoms with Crippen molar-refractivity contribution in [1.82, 2.24) is 4.57 Å².